The number of fused-ring (bicyclic) bond motifs is 6. The Hall–Kier alpha value is -3.43. The number of rotatable bonds is 2. The molecular weight excluding hydrogens is 432 g/mol. The minimum atomic E-state index is 0.944. The molecule has 142 valence electrons. The van der Waals surface area contributed by atoms with Crippen molar-refractivity contribution in [2.45, 2.75) is 0 Å². The minimum Gasteiger partial charge on any atom is -0.292 e. The summed E-state index contributed by atoms with van der Waals surface area (Å²) in [5.74, 6) is 0.944. The maximum absolute atomic E-state index is 5.22. The molecule has 30 heavy (non-hydrogen) atoms. The van der Waals surface area contributed by atoms with Crippen molar-refractivity contribution in [3.63, 3.8) is 0 Å². The average Bonchev–Trinajstić information content (AvgIpc) is 3.21. The van der Waals surface area contributed by atoms with Gasteiger partial charge in [0.2, 0.25) is 0 Å². The van der Waals surface area contributed by atoms with Gasteiger partial charge in [0, 0.05) is 26.5 Å². The lowest BCUT2D eigenvalue weighted by atomic mass is 10.00. The highest BCUT2D eigenvalue weighted by Gasteiger charge is 2.19. The van der Waals surface area contributed by atoms with Crippen molar-refractivity contribution in [2.24, 2.45) is 0 Å². The number of aromatic nitrogens is 2. The molecule has 0 atom stereocenters. The second kappa shape index (κ2) is 6.82. The first-order valence-corrected chi connectivity index (χ1v) is 10.7. The molecule has 3 heteroatoms. The van der Waals surface area contributed by atoms with Crippen molar-refractivity contribution in [1.82, 2.24) is 9.55 Å². The Morgan fingerprint density at radius 2 is 1.23 bits per heavy atom. The van der Waals surface area contributed by atoms with Crippen LogP contribution in [-0.2, 0) is 0 Å². The summed E-state index contributed by atoms with van der Waals surface area (Å²) < 4.78 is 3.34. The number of hydrogen-bond donors (Lipinski definition) is 0. The van der Waals surface area contributed by atoms with Crippen molar-refractivity contribution >= 4 is 48.5 Å². The fourth-order valence-corrected chi connectivity index (χ4v) is 4.75. The lowest BCUT2D eigenvalue weighted by Gasteiger charge is -2.12. The van der Waals surface area contributed by atoms with Crippen molar-refractivity contribution in [1.29, 1.82) is 0 Å². The van der Waals surface area contributed by atoms with Gasteiger partial charge >= 0.3 is 0 Å². The summed E-state index contributed by atoms with van der Waals surface area (Å²) in [6.07, 6.45) is 0. The quantitative estimate of drug-likeness (QED) is 0.247. The molecule has 0 saturated carbocycles. The van der Waals surface area contributed by atoms with Crippen LogP contribution in [0.25, 0.3) is 49.7 Å². The molecule has 6 rings (SSSR count). The highest BCUT2D eigenvalue weighted by Crippen LogP contribution is 2.39. The van der Waals surface area contributed by atoms with Gasteiger partial charge < -0.3 is 0 Å². The molecule has 0 spiro atoms. The maximum Gasteiger partial charge on any atom is 0.145 e. The Bertz CT molecular complexity index is 1550. The van der Waals surface area contributed by atoms with Crippen molar-refractivity contribution < 1.29 is 0 Å². The summed E-state index contributed by atoms with van der Waals surface area (Å²) in [5, 5.41) is 4.87. The zero-order chi connectivity index (χ0) is 20.1. The molecule has 1 heterocycles. The van der Waals surface area contributed by atoms with Crippen LogP contribution in [0.1, 0.15) is 0 Å². The normalized spacial score (nSPS) is 11.5. The van der Waals surface area contributed by atoms with E-state index in [1.807, 2.05) is 6.07 Å². The van der Waals surface area contributed by atoms with Crippen LogP contribution in [0.4, 0.5) is 0 Å². The Kier molecular flexibility index (Phi) is 3.96. The number of imidazole rings is 1. The first-order valence-electron chi connectivity index (χ1n) is 9.94. The van der Waals surface area contributed by atoms with E-state index in [4.69, 9.17) is 4.98 Å². The zero-order valence-corrected chi connectivity index (χ0v) is 17.7. The Labute approximate surface area is 182 Å². The average molecular weight is 449 g/mol. The number of para-hydroxylation sites is 1. The Morgan fingerprint density at radius 1 is 0.600 bits per heavy atom. The summed E-state index contributed by atoms with van der Waals surface area (Å²) in [7, 11) is 0. The summed E-state index contributed by atoms with van der Waals surface area (Å²) in [6.45, 7) is 0. The number of halogens is 1. The van der Waals surface area contributed by atoms with Gasteiger partial charge in [0.1, 0.15) is 5.82 Å². The van der Waals surface area contributed by atoms with Gasteiger partial charge in [-0.3, -0.25) is 4.57 Å². The third kappa shape index (κ3) is 2.59. The van der Waals surface area contributed by atoms with Crippen molar-refractivity contribution in [3.05, 3.63) is 108 Å². The van der Waals surface area contributed by atoms with Gasteiger partial charge in [-0.15, -0.1) is 0 Å². The molecule has 0 saturated heterocycles. The highest BCUT2D eigenvalue weighted by molar-refractivity contribution is 9.10. The van der Waals surface area contributed by atoms with Crippen LogP contribution < -0.4 is 0 Å². The molecule has 1 aromatic heterocycles. The van der Waals surface area contributed by atoms with Crippen LogP contribution >= 0.6 is 15.9 Å². The van der Waals surface area contributed by atoms with E-state index >= 15 is 0 Å². The molecule has 0 aliphatic rings. The molecule has 0 N–H and O–H groups in total. The number of nitrogens with zero attached hydrogens (tertiary/aromatic N) is 2. The van der Waals surface area contributed by atoms with E-state index in [9.17, 15) is 0 Å². The third-order valence-corrected chi connectivity index (χ3v) is 6.12. The summed E-state index contributed by atoms with van der Waals surface area (Å²) >= 11 is 3.63. The van der Waals surface area contributed by atoms with E-state index in [-0.39, 0.29) is 0 Å². The van der Waals surface area contributed by atoms with Gasteiger partial charge in [0.15, 0.2) is 0 Å². The van der Waals surface area contributed by atoms with E-state index in [2.05, 4.69) is 118 Å². The monoisotopic (exact) mass is 448 g/mol. The van der Waals surface area contributed by atoms with Gasteiger partial charge in [-0.1, -0.05) is 94.8 Å². The molecule has 0 fully saturated rings. The molecule has 0 aliphatic heterocycles. The van der Waals surface area contributed by atoms with Crippen LogP contribution in [0.15, 0.2) is 108 Å². The summed E-state index contributed by atoms with van der Waals surface area (Å²) in [4.78, 5) is 5.22. The third-order valence-electron chi connectivity index (χ3n) is 5.63. The summed E-state index contributed by atoms with van der Waals surface area (Å²) in [6, 6.07) is 36.0. The van der Waals surface area contributed by atoms with Gasteiger partial charge in [-0.25, -0.2) is 4.98 Å². The Morgan fingerprint density at radius 3 is 1.97 bits per heavy atom. The van der Waals surface area contributed by atoms with Crippen molar-refractivity contribution in [2.75, 3.05) is 0 Å². The molecule has 0 unspecified atom stereocenters. The molecule has 0 aliphatic carbocycles. The summed E-state index contributed by atoms with van der Waals surface area (Å²) in [5.41, 5.74) is 4.36. The fraction of sp³-hybridized carbons (Fsp3) is 0. The van der Waals surface area contributed by atoms with Crippen LogP contribution in [0.3, 0.4) is 0 Å². The fourth-order valence-electron chi connectivity index (χ4n) is 4.36. The molecule has 0 radical (unpaired) electrons. The lowest BCUT2D eigenvalue weighted by molar-refractivity contribution is 1.11. The minimum absolute atomic E-state index is 0.944. The SMILES string of the molecule is Brc1cccc(-c2nc3c4ccccc4c4ccccc4c3n2-c2ccccc2)c1. The molecule has 2 nitrogen and oxygen atoms in total. The molecule has 0 bridgehead atoms. The van der Waals surface area contributed by atoms with Crippen LogP contribution in [-0.4, -0.2) is 9.55 Å². The van der Waals surface area contributed by atoms with E-state index in [0.717, 1.165) is 32.6 Å². The van der Waals surface area contributed by atoms with Crippen molar-refractivity contribution in [3.8, 4) is 17.1 Å². The molecular formula is C27H17BrN2. The molecule has 0 amide bonds. The molecule has 5 aromatic carbocycles. The maximum atomic E-state index is 5.22. The van der Waals surface area contributed by atoms with Crippen LogP contribution in [0, 0.1) is 0 Å². The number of benzene rings is 5. The smallest absolute Gasteiger partial charge is 0.145 e. The van der Waals surface area contributed by atoms with Gasteiger partial charge in [0.05, 0.1) is 11.0 Å². The Balaban J connectivity index is 1.88. The lowest BCUT2D eigenvalue weighted by Crippen LogP contribution is -1.98. The van der Waals surface area contributed by atoms with Crippen LogP contribution in [0.2, 0.25) is 0 Å². The van der Waals surface area contributed by atoms with E-state index in [1.165, 1.54) is 21.5 Å². The first-order chi connectivity index (χ1) is 14.8. The predicted octanol–water partition coefficient (Wildman–Crippen LogP) is 7.76. The van der Waals surface area contributed by atoms with E-state index < -0.39 is 0 Å². The predicted molar refractivity (Wildman–Crippen MR) is 129 cm³/mol. The van der Waals surface area contributed by atoms with Gasteiger partial charge in [-0.05, 0) is 35.0 Å². The second-order valence-electron chi connectivity index (χ2n) is 7.41. The van der Waals surface area contributed by atoms with E-state index in [0.29, 0.717) is 0 Å². The number of hydrogen-bond acceptors (Lipinski definition) is 1. The van der Waals surface area contributed by atoms with Crippen LogP contribution in [0.5, 0.6) is 0 Å². The zero-order valence-electron chi connectivity index (χ0n) is 16.1. The molecule has 6 aromatic rings. The van der Waals surface area contributed by atoms with Gasteiger partial charge in [-0.2, -0.15) is 0 Å². The van der Waals surface area contributed by atoms with Gasteiger partial charge in [0.25, 0.3) is 0 Å². The second-order valence-corrected chi connectivity index (χ2v) is 8.32. The highest BCUT2D eigenvalue weighted by atomic mass is 79.9. The topological polar surface area (TPSA) is 17.8 Å². The first kappa shape index (κ1) is 17.4. The largest absolute Gasteiger partial charge is 0.292 e. The van der Waals surface area contributed by atoms with E-state index in [1.54, 1.807) is 0 Å². The standard InChI is InChI=1S/C27H17BrN2/c28-19-10-8-9-18(17-19)27-29-25-23-15-6-4-13-21(23)22-14-5-7-16-24(22)26(25)30(27)20-11-2-1-3-12-20/h1-17H.